The van der Waals surface area contributed by atoms with E-state index in [1.165, 1.54) is 6.33 Å². The van der Waals surface area contributed by atoms with Crippen LogP contribution in [0, 0.1) is 0 Å². The topological polar surface area (TPSA) is 86.7 Å². The average Bonchev–Trinajstić information content (AvgIpc) is 2.57. The van der Waals surface area contributed by atoms with Crippen LogP contribution in [0.5, 0.6) is 0 Å². The van der Waals surface area contributed by atoms with Crippen LogP contribution in [0.2, 0.25) is 0 Å². The summed E-state index contributed by atoms with van der Waals surface area (Å²) in [5.74, 6) is 0. The van der Waals surface area contributed by atoms with E-state index >= 15 is 0 Å². The summed E-state index contributed by atoms with van der Waals surface area (Å²) >= 11 is 0. The normalized spacial score (nSPS) is 35.7. The second-order valence-electron chi connectivity index (χ2n) is 3.43. The van der Waals surface area contributed by atoms with Gasteiger partial charge in [0.15, 0.2) is 0 Å². The number of aliphatic hydroxyl groups is 3. The first-order valence-electron chi connectivity index (χ1n) is 4.67. The van der Waals surface area contributed by atoms with Gasteiger partial charge in [-0.2, -0.15) is 0 Å². The SMILES string of the molecule is OCC1OC([n+]2cccnc2)C(O)C1O. The number of nitrogens with zero attached hydrogens (tertiary/aromatic N) is 2. The van der Waals surface area contributed by atoms with Crippen molar-refractivity contribution in [2.75, 3.05) is 6.61 Å². The van der Waals surface area contributed by atoms with E-state index in [1.54, 1.807) is 23.0 Å². The molecule has 6 nitrogen and oxygen atoms in total. The van der Waals surface area contributed by atoms with E-state index in [4.69, 9.17) is 9.84 Å². The Morgan fingerprint density at radius 2 is 2.13 bits per heavy atom. The molecular weight excluding hydrogens is 200 g/mol. The van der Waals surface area contributed by atoms with Gasteiger partial charge in [-0.3, -0.25) is 0 Å². The minimum atomic E-state index is -1.08. The molecule has 1 saturated heterocycles. The van der Waals surface area contributed by atoms with E-state index in [1.807, 2.05) is 0 Å². The number of rotatable bonds is 2. The quantitative estimate of drug-likeness (QED) is 0.494. The van der Waals surface area contributed by atoms with Gasteiger partial charge in [0.25, 0.3) is 6.33 Å². The van der Waals surface area contributed by atoms with Crippen molar-refractivity contribution in [3.63, 3.8) is 0 Å². The lowest BCUT2D eigenvalue weighted by Crippen LogP contribution is -2.46. The highest BCUT2D eigenvalue weighted by Gasteiger charge is 2.45. The zero-order valence-corrected chi connectivity index (χ0v) is 7.97. The number of hydrogen-bond acceptors (Lipinski definition) is 5. The largest absolute Gasteiger partial charge is 0.394 e. The van der Waals surface area contributed by atoms with Gasteiger partial charge in [0.05, 0.1) is 12.8 Å². The van der Waals surface area contributed by atoms with Gasteiger partial charge in [-0.1, -0.05) is 4.98 Å². The fourth-order valence-corrected chi connectivity index (χ4v) is 1.62. The Hall–Kier alpha value is -1.08. The molecule has 2 heterocycles. The van der Waals surface area contributed by atoms with Crippen LogP contribution in [0.3, 0.4) is 0 Å². The predicted molar refractivity (Wildman–Crippen MR) is 47.4 cm³/mol. The number of aromatic nitrogens is 2. The molecule has 6 heteroatoms. The van der Waals surface area contributed by atoms with Crippen molar-refractivity contribution in [1.82, 2.24) is 4.98 Å². The summed E-state index contributed by atoms with van der Waals surface area (Å²) in [5, 5.41) is 28.1. The Balaban J connectivity index is 2.19. The van der Waals surface area contributed by atoms with Crippen molar-refractivity contribution >= 4 is 0 Å². The Labute approximate surface area is 86.4 Å². The van der Waals surface area contributed by atoms with Crippen molar-refractivity contribution in [1.29, 1.82) is 0 Å². The molecule has 0 aromatic carbocycles. The van der Waals surface area contributed by atoms with Gasteiger partial charge in [-0.25, -0.2) is 4.57 Å². The Morgan fingerprint density at radius 3 is 2.67 bits per heavy atom. The van der Waals surface area contributed by atoms with Crippen LogP contribution < -0.4 is 4.57 Å². The lowest BCUT2D eigenvalue weighted by molar-refractivity contribution is -0.768. The number of hydrogen-bond donors (Lipinski definition) is 3. The molecule has 0 spiro atoms. The molecule has 2 rings (SSSR count). The highest BCUT2D eigenvalue weighted by atomic mass is 16.6. The number of aliphatic hydroxyl groups excluding tert-OH is 3. The lowest BCUT2D eigenvalue weighted by Gasteiger charge is -2.11. The molecule has 0 bridgehead atoms. The zero-order valence-electron chi connectivity index (χ0n) is 7.97. The van der Waals surface area contributed by atoms with E-state index in [2.05, 4.69) is 4.98 Å². The van der Waals surface area contributed by atoms with Crippen molar-refractivity contribution in [2.45, 2.75) is 24.5 Å². The first-order valence-corrected chi connectivity index (χ1v) is 4.67. The molecule has 1 aromatic rings. The molecule has 0 saturated carbocycles. The Morgan fingerprint density at radius 1 is 1.33 bits per heavy atom. The third kappa shape index (κ3) is 1.84. The molecule has 4 atom stereocenters. The molecule has 15 heavy (non-hydrogen) atoms. The van der Waals surface area contributed by atoms with Crippen molar-refractivity contribution in [3.05, 3.63) is 24.8 Å². The fraction of sp³-hybridized carbons (Fsp3) is 0.556. The zero-order chi connectivity index (χ0) is 10.8. The predicted octanol–water partition coefficient (Wildman–Crippen LogP) is -2.02. The molecule has 3 N–H and O–H groups in total. The van der Waals surface area contributed by atoms with E-state index in [0.717, 1.165) is 0 Å². The fourth-order valence-electron chi connectivity index (χ4n) is 1.62. The standard InChI is InChI=1S/C9H13N2O4/c12-4-6-7(13)8(14)9(15-6)11-3-1-2-10-5-11/h1-3,5-9,12-14H,4H2/q+1. The molecule has 1 aliphatic rings. The molecule has 82 valence electrons. The van der Waals surface area contributed by atoms with Gasteiger partial charge in [0.1, 0.15) is 24.5 Å². The van der Waals surface area contributed by atoms with Crippen LogP contribution in [0.4, 0.5) is 0 Å². The van der Waals surface area contributed by atoms with Gasteiger partial charge in [-0.05, 0) is 0 Å². The number of ether oxygens (including phenoxy) is 1. The van der Waals surface area contributed by atoms with E-state index < -0.39 is 24.5 Å². The summed E-state index contributed by atoms with van der Waals surface area (Å²) in [7, 11) is 0. The maximum atomic E-state index is 9.68. The van der Waals surface area contributed by atoms with Gasteiger partial charge in [-0.15, -0.1) is 0 Å². The highest BCUT2D eigenvalue weighted by molar-refractivity contribution is 4.84. The minimum Gasteiger partial charge on any atom is -0.394 e. The van der Waals surface area contributed by atoms with Crippen LogP contribution >= 0.6 is 0 Å². The summed E-state index contributed by atoms with van der Waals surface area (Å²) in [6.45, 7) is -0.324. The molecule has 4 unspecified atom stereocenters. The maximum absolute atomic E-state index is 9.68. The Kier molecular flexibility index (Phi) is 2.92. The second kappa shape index (κ2) is 4.19. The minimum absolute atomic E-state index is 0.324. The van der Waals surface area contributed by atoms with Gasteiger partial charge in [0.2, 0.25) is 6.23 Å². The van der Waals surface area contributed by atoms with Crippen molar-refractivity contribution in [3.8, 4) is 0 Å². The summed E-state index contributed by atoms with van der Waals surface area (Å²) in [6, 6.07) is 1.69. The molecule has 0 amide bonds. The van der Waals surface area contributed by atoms with Crippen LogP contribution in [0.25, 0.3) is 0 Å². The Bertz CT molecular complexity index is 321. The molecule has 1 aromatic heterocycles. The molecule has 0 aliphatic carbocycles. The van der Waals surface area contributed by atoms with E-state index in [0.29, 0.717) is 0 Å². The van der Waals surface area contributed by atoms with Crippen LogP contribution in [-0.2, 0) is 4.74 Å². The lowest BCUT2D eigenvalue weighted by atomic mass is 10.1. The van der Waals surface area contributed by atoms with E-state index in [9.17, 15) is 10.2 Å². The average molecular weight is 213 g/mol. The van der Waals surface area contributed by atoms with Gasteiger partial charge < -0.3 is 20.1 Å². The molecule has 0 radical (unpaired) electrons. The summed E-state index contributed by atoms with van der Waals surface area (Å²) < 4.78 is 6.84. The van der Waals surface area contributed by atoms with Crippen molar-refractivity contribution < 1.29 is 24.6 Å². The monoisotopic (exact) mass is 213 g/mol. The summed E-state index contributed by atoms with van der Waals surface area (Å²) in [5.41, 5.74) is 0. The summed E-state index contributed by atoms with van der Waals surface area (Å²) in [4.78, 5) is 3.87. The third-order valence-corrected chi connectivity index (χ3v) is 2.44. The highest BCUT2D eigenvalue weighted by Crippen LogP contribution is 2.24. The van der Waals surface area contributed by atoms with Gasteiger partial charge >= 0.3 is 0 Å². The summed E-state index contributed by atoms with van der Waals surface area (Å²) in [6.07, 6.45) is 1.17. The van der Waals surface area contributed by atoms with Crippen LogP contribution in [-0.4, -0.2) is 45.2 Å². The van der Waals surface area contributed by atoms with E-state index in [-0.39, 0.29) is 6.61 Å². The van der Waals surface area contributed by atoms with Gasteiger partial charge in [0, 0.05) is 6.07 Å². The van der Waals surface area contributed by atoms with Crippen LogP contribution in [0.1, 0.15) is 6.23 Å². The smallest absolute Gasteiger partial charge is 0.288 e. The second-order valence-corrected chi connectivity index (χ2v) is 3.43. The molecule has 1 aliphatic heterocycles. The maximum Gasteiger partial charge on any atom is 0.288 e. The first-order chi connectivity index (χ1) is 7.24. The molecular formula is C9H13N2O4+. The third-order valence-electron chi connectivity index (χ3n) is 2.44. The van der Waals surface area contributed by atoms with Crippen LogP contribution in [0.15, 0.2) is 24.8 Å². The van der Waals surface area contributed by atoms with Crippen molar-refractivity contribution in [2.24, 2.45) is 0 Å². The molecule has 1 fully saturated rings. The first kappa shape index (κ1) is 10.4.